The van der Waals surface area contributed by atoms with E-state index < -0.39 is 21.8 Å². The summed E-state index contributed by atoms with van der Waals surface area (Å²) in [5.74, 6) is -0.886. The third-order valence-electron chi connectivity index (χ3n) is 9.32. The SMILES string of the molecule is CC(C(=O)NS(C)(=O)=O)c1ccc(O[C@@H]2CC[C@@H](NC(=O)[C@@H]3CC(C)(C)CN3C)C2)c(-c2cccc(F)c2C2CCC2)c1. The number of hydrogen-bond acceptors (Lipinski definition) is 6. The Morgan fingerprint density at radius 2 is 1.84 bits per heavy atom. The Bertz CT molecular complexity index is 1490. The van der Waals surface area contributed by atoms with Crippen molar-refractivity contribution >= 4 is 21.8 Å². The van der Waals surface area contributed by atoms with Crippen molar-refractivity contribution in [2.45, 2.75) is 95.7 Å². The predicted octanol–water partition coefficient (Wildman–Crippen LogP) is 5.09. The Morgan fingerprint density at radius 3 is 2.47 bits per heavy atom. The zero-order valence-electron chi connectivity index (χ0n) is 25.8. The minimum absolute atomic E-state index is 0.0109. The number of amides is 2. The van der Waals surface area contributed by atoms with Crippen LogP contribution in [0.25, 0.3) is 11.1 Å². The van der Waals surface area contributed by atoms with Crippen LogP contribution in [0.3, 0.4) is 0 Å². The molecule has 0 radical (unpaired) electrons. The summed E-state index contributed by atoms with van der Waals surface area (Å²) in [5.41, 5.74) is 2.78. The maximum atomic E-state index is 15.3. The summed E-state index contributed by atoms with van der Waals surface area (Å²) in [6, 6.07) is 10.3. The molecule has 2 amide bonds. The fourth-order valence-corrected chi connectivity index (χ4v) is 7.46. The molecule has 0 spiro atoms. The lowest BCUT2D eigenvalue weighted by molar-refractivity contribution is -0.125. The van der Waals surface area contributed by atoms with Gasteiger partial charge < -0.3 is 10.1 Å². The van der Waals surface area contributed by atoms with Crippen LogP contribution in [0.1, 0.15) is 88.7 Å². The molecule has 4 atom stereocenters. The Morgan fingerprint density at radius 1 is 1.09 bits per heavy atom. The van der Waals surface area contributed by atoms with Gasteiger partial charge in [0.05, 0.1) is 18.2 Å². The molecule has 5 rings (SSSR count). The molecular weight excluding hydrogens is 569 g/mol. The zero-order chi connectivity index (χ0) is 31.1. The van der Waals surface area contributed by atoms with E-state index in [1.165, 1.54) is 6.07 Å². The summed E-state index contributed by atoms with van der Waals surface area (Å²) in [6.45, 7) is 6.91. The Kier molecular flexibility index (Phi) is 8.91. The molecule has 2 N–H and O–H groups in total. The first-order valence-corrected chi connectivity index (χ1v) is 17.2. The number of benzene rings is 2. The van der Waals surface area contributed by atoms with E-state index in [1.54, 1.807) is 25.1 Å². The molecule has 0 bridgehead atoms. The number of likely N-dealkylation sites (N-methyl/N-ethyl adjacent to an activating group) is 1. The number of halogens is 1. The van der Waals surface area contributed by atoms with Crippen LogP contribution >= 0.6 is 0 Å². The number of sulfonamides is 1. The molecule has 3 fully saturated rings. The van der Waals surface area contributed by atoms with Gasteiger partial charge in [-0.2, -0.15) is 0 Å². The summed E-state index contributed by atoms with van der Waals surface area (Å²) < 4.78 is 47.3. The summed E-state index contributed by atoms with van der Waals surface area (Å²) in [7, 11) is -1.72. The zero-order valence-corrected chi connectivity index (χ0v) is 26.6. The van der Waals surface area contributed by atoms with Gasteiger partial charge in [0.25, 0.3) is 0 Å². The van der Waals surface area contributed by atoms with Crippen molar-refractivity contribution in [1.29, 1.82) is 0 Å². The van der Waals surface area contributed by atoms with E-state index >= 15 is 4.39 Å². The Labute approximate surface area is 254 Å². The maximum Gasteiger partial charge on any atom is 0.240 e. The highest BCUT2D eigenvalue weighted by atomic mass is 32.2. The summed E-state index contributed by atoms with van der Waals surface area (Å²) >= 11 is 0. The first-order valence-electron chi connectivity index (χ1n) is 15.3. The second-order valence-corrected chi connectivity index (χ2v) is 15.4. The Hall–Kier alpha value is -2.98. The van der Waals surface area contributed by atoms with Gasteiger partial charge in [0.15, 0.2) is 0 Å². The van der Waals surface area contributed by atoms with Gasteiger partial charge in [-0.3, -0.25) is 19.2 Å². The molecule has 1 aliphatic heterocycles. The standard InChI is InChI=1S/C33H44FN3O5S/c1-20(31(38)36-43(5,40)41)22-12-15-29(26(16-22)25-10-7-11-27(34)30(25)21-8-6-9-21)42-24-14-13-23(17-24)35-32(39)28-18-33(2,3)19-37(28)4/h7,10-12,15-16,20-21,23-24,28H,6,8-9,13-14,17-19H2,1-5H3,(H,35,39)(H,36,38)/t20?,23-,24-,28+/m1/s1. The number of likely N-dealkylation sites (tertiary alicyclic amines) is 1. The molecule has 10 heteroatoms. The van der Waals surface area contributed by atoms with Crippen molar-refractivity contribution in [3.05, 3.63) is 53.3 Å². The summed E-state index contributed by atoms with van der Waals surface area (Å²) in [6.07, 6.45) is 6.75. The van der Waals surface area contributed by atoms with Gasteiger partial charge in [0.1, 0.15) is 17.7 Å². The smallest absolute Gasteiger partial charge is 0.240 e. The second kappa shape index (κ2) is 12.2. The van der Waals surface area contributed by atoms with Crippen molar-refractivity contribution in [3.8, 4) is 16.9 Å². The number of nitrogens with zero attached hydrogens (tertiary/aromatic N) is 1. The van der Waals surface area contributed by atoms with E-state index in [0.717, 1.165) is 56.9 Å². The van der Waals surface area contributed by atoms with Gasteiger partial charge in [0, 0.05) is 24.6 Å². The predicted molar refractivity (Wildman–Crippen MR) is 165 cm³/mol. The highest BCUT2D eigenvalue weighted by Gasteiger charge is 2.40. The molecule has 2 aliphatic carbocycles. The van der Waals surface area contributed by atoms with Crippen molar-refractivity contribution in [3.63, 3.8) is 0 Å². The van der Waals surface area contributed by atoms with Gasteiger partial charge in [-0.05, 0) is 92.3 Å². The average Bonchev–Trinajstić information content (AvgIpc) is 3.44. The van der Waals surface area contributed by atoms with Gasteiger partial charge in [-0.1, -0.05) is 38.5 Å². The van der Waals surface area contributed by atoms with Gasteiger partial charge in [-0.25, -0.2) is 12.8 Å². The molecule has 1 unspecified atom stereocenters. The lowest BCUT2D eigenvalue weighted by Gasteiger charge is -2.29. The largest absolute Gasteiger partial charge is 0.490 e. The Balaban J connectivity index is 1.39. The normalized spacial score (nSPS) is 24.7. The third-order valence-corrected chi connectivity index (χ3v) is 9.89. The average molecular weight is 614 g/mol. The minimum atomic E-state index is -3.72. The van der Waals surface area contributed by atoms with E-state index in [1.807, 2.05) is 19.2 Å². The van der Waals surface area contributed by atoms with Gasteiger partial charge >= 0.3 is 0 Å². The first kappa shape index (κ1) is 31.4. The minimum Gasteiger partial charge on any atom is -0.490 e. The topological polar surface area (TPSA) is 105 Å². The molecule has 8 nitrogen and oxygen atoms in total. The van der Waals surface area contributed by atoms with Crippen LogP contribution in [0, 0.1) is 11.2 Å². The van der Waals surface area contributed by atoms with Crippen LogP contribution in [0.2, 0.25) is 0 Å². The number of rotatable bonds is 9. The van der Waals surface area contributed by atoms with E-state index in [-0.39, 0.29) is 41.2 Å². The van der Waals surface area contributed by atoms with Crippen LogP contribution in [0.4, 0.5) is 4.39 Å². The quantitative estimate of drug-likeness (QED) is 0.409. The highest BCUT2D eigenvalue weighted by Crippen LogP contribution is 2.45. The second-order valence-electron chi connectivity index (χ2n) is 13.6. The lowest BCUT2D eigenvalue weighted by Crippen LogP contribution is -2.45. The maximum absolute atomic E-state index is 15.3. The van der Waals surface area contributed by atoms with Crippen LogP contribution in [0.5, 0.6) is 5.75 Å². The fraction of sp³-hybridized carbons (Fsp3) is 0.576. The van der Waals surface area contributed by atoms with Crippen LogP contribution in [-0.4, -0.2) is 63.2 Å². The summed E-state index contributed by atoms with van der Waals surface area (Å²) in [5, 5.41) is 3.25. The van der Waals surface area contributed by atoms with Gasteiger partial charge in [0.2, 0.25) is 21.8 Å². The van der Waals surface area contributed by atoms with Crippen LogP contribution in [0.15, 0.2) is 36.4 Å². The number of nitrogens with one attached hydrogen (secondary N) is 2. The highest BCUT2D eigenvalue weighted by molar-refractivity contribution is 7.89. The first-order chi connectivity index (χ1) is 20.2. The molecule has 234 valence electrons. The lowest BCUT2D eigenvalue weighted by atomic mass is 9.76. The van der Waals surface area contributed by atoms with E-state index in [2.05, 4.69) is 28.8 Å². The third kappa shape index (κ3) is 7.23. The number of carbonyl (C=O) groups is 2. The van der Waals surface area contributed by atoms with Crippen molar-refractivity contribution in [1.82, 2.24) is 14.9 Å². The number of carbonyl (C=O) groups excluding carboxylic acids is 2. The van der Waals surface area contributed by atoms with E-state index in [0.29, 0.717) is 28.9 Å². The molecule has 1 saturated heterocycles. The molecule has 2 aromatic carbocycles. The van der Waals surface area contributed by atoms with Crippen molar-refractivity contribution in [2.75, 3.05) is 19.8 Å². The molecule has 3 aliphatic rings. The summed E-state index contributed by atoms with van der Waals surface area (Å²) in [4.78, 5) is 28.0. The monoisotopic (exact) mass is 613 g/mol. The fourth-order valence-electron chi connectivity index (χ4n) is 6.91. The van der Waals surface area contributed by atoms with E-state index in [9.17, 15) is 18.0 Å². The number of ether oxygens (including phenoxy) is 1. The molecule has 0 aromatic heterocycles. The molecule has 2 aromatic rings. The molecule has 2 saturated carbocycles. The molecule has 43 heavy (non-hydrogen) atoms. The number of hydrogen-bond donors (Lipinski definition) is 2. The van der Waals surface area contributed by atoms with Crippen molar-refractivity contribution in [2.24, 2.45) is 5.41 Å². The molecule has 1 heterocycles. The van der Waals surface area contributed by atoms with Crippen LogP contribution in [-0.2, 0) is 19.6 Å². The van der Waals surface area contributed by atoms with Crippen molar-refractivity contribution < 1.29 is 27.1 Å². The van der Waals surface area contributed by atoms with E-state index in [4.69, 9.17) is 4.74 Å². The van der Waals surface area contributed by atoms with Gasteiger partial charge in [-0.15, -0.1) is 0 Å². The molecular formula is C33H44FN3O5S. The van der Waals surface area contributed by atoms with Crippen LogP contribution < -0.4 is 14.8 Å².